The van der Waals surface area contributed by atoms with Crippen molar-refractivity contribution in [2.45, 2.75) is 25.4 Å². The highest BCUT2D eigenvalue weighted by molar-refractivity contribution is 5.76. The van der Waals surface area contributed by atoms with Crippen molar-refractivity contribution in [3.8, 4) is 11.5 Å². The zero-order chi connectivity index (χ0) is 20.8. The van der Waals surface area contributed by atoms with Crippen molar-refractivity contribution in [3.05, 3.63) is 29.6 Å². The zero-order valence-electron chi connectivity index (χ0n) is 17.1. The molecule has 0 radical (unpaired) electrons. The molecule has 10 heteroatoms. The maximum atomic E-state index is 11.6. The van der Waals surface area contributed by atoms with Gasteiger partial charge in [0, 0.05) is 31.9 Å². The van der Waals surface area contributed by atoms with Gasteiger partial charge in [-0.3, -0.25) is 4.79 Å². The van der Waals surface area contributed by atoms with Crippen LogP contribution in [0.4, 0.5) is 0 Å². The third kappa shape index (κ3) is 4.65. The summed E-state index contributed by atoms with van der Waals surface area (Å²) in [4.78, 5) is 12.9. The van der Waals surface area contributed by atoms with Crippen molar-refractivity contribution in [1.82, 2.24) is 20.2 Å². The van der Waals surface area contributed by atoms with Crippen LogP contribution in [0.15, 0.2) is 18.2 Å². The molecule has 0 unspecified atom stereocenters. The predicted octanol–water partition coefficient (Wildman–Crippen LogP) is -0.794. The summed E-state index contributed by atoms with van der Waals surface area (Å²) < 4.78 is 18.0. The van der Waals surface area contributed by atoms with Gasteiger partial charge in [0.25, 0.3) is 0 Å². The van der Waals surface area contributed by atoms with Crippen LogP contribution in [0.5, 0.6) is 11.5 Å². The van der Waals surface area contributed by atoms with Crippen LogP contribution in [0.25, 0.3) is 0 Å². The average Bonchev–Trinajstić information content (AvgIpc) is 3.21. The summed E-state index contributed by atoms with van der Waals surface area (Å²) >= 11 is 0. The molecule has 1 aliphatic heterocycles. The molecule has 1 aromatic heterocycles. The number of piperidine rings is 1. The third-order valence-corrected chi connectivity index (χ3v) is 5.52. The molecule has 3 N–H and O–H groups in total. The number of primary amides is 1. The monoisotopic (exact) mass is 405 g/mol. The molecule has 1 atom stereocenters. The molecule has 2 heterocycles. The molecule has 10 nitrogen and oxygen atoms in total. The number of ether oxygens (including phenoxy) is 3. The van der Waals surface area contributed by atoms with E-state index < -0.39 is 0 Å². The normalized spacial score (nSPS) is 20.2. The van der Waals surface area contributed by atoms with E-state index in [1.807, 2.05) is 18.2 Å². The molecule has 3 rings (SSSR count). The fraction of sp³-hybridized carbons (Fsp3) is 0.579. The highest BCUT2D eigenvalue weighted by Gasteiger charge is 2.37. The van der Waals surface area contributed by atoms with E-state index in [2.05, 4.69) is 15.5 Å². The van der Waals surface area contributed by atoms with Gasteiger partial charge in [0.2, 0.25) is 11.7 Å². The molecule has 1 aromatic carbocycles. The number of rotatable bonds is 9. The first-order valence-electron chi connectivity index (χ1n) is 9.69. The second-order valence-corrected chi connectivity index (χ2v) is 7.13. The number of methoxy groups -OCH3 is 3. The van der Waals surface area contributed by atoms with Crippen LogP contribution < -0.4 is 20.1 Å². The number of likely N-dealkylation sites (tertiary alicyclic amines) is 1. The number of aromatic nitrogens is 4. The summed E-state index contributed by atoms with van der Waals surface area (Å²) in [5.74, 6) is 1.85. The molecule has 0 spiro atoms. The van der Waals surface area contributed by atoms with Gasteiger partial charge >= 0.3 is 0 Å². The standard InChI is InChI=1S/C19H28N6O4/c1-27-11-10-25-19(21-22-23-25)17(24-8-6-13(7-9-24)18(20)26)15-5-4-14(28-2)12-16(15)29-3/h4-5,12-13,17H,6-11H2,1-3H3,(H2,20,26)/p+1/t17-/m1/s1. The van der Waals surface area contributed by atoms with E-state index in [0.717, 1.165) is 37.3 Å². The average molecular weight is 405 g/mol. The summed E-state index contributed by atoms with van der Waals surface area (Å²) in [7, 11) is 4.91. The number of nitrogens with two attached hydrogens (primary N) is 1. The van der Waals surface area contributed by atoms with E-state index >= 15 is 0 Å². The van der Waals surface area contributed by atoms with Gasteiger partial charge in [0.05, 0.1) is 46.0 Å². The number of benzene rings is 1. The molecular weight excluding hydrogens is 376 g/mol. The van der Waals surface area contributed by atoms with Crippen molar-refractivity contribution in [2.75, 3.05) is 41.0 Å². The first kappa shape index (κ1) is 21.0. The molecule has 1 fully saturated rings. The van der Waals surface area contributed by atoms with E-state index in [-0.39, 0.29) is 17.9 Å². The Hall–Kier alpha value is -2.72. The topological polar surface area (TPSA) is 119 Å². The lowest BCUT2D eigenvalue weighted by molar-refractivity contribution is -0.931. The number of tetrazole rings is 1. The van der Waals surface area contributed by atoms with Gasteiger partial charge in [0.1, 0.15) is 11.5 Å². The highest BCUT2D eigenvalue weighted by atomic mass is 16.5. The van der Waals surface area contributed by atoms with E-state index in [0.29, 0.717) is 24.7 Å². The zero-order valence-corrected chi connectivity index (χ0v) is 17.1. The fourth-order valence-electron chi connectivity index (χ4n) is 3.92. The number of carbonyl (C=O) groups is 1. The second-order valence-electron chi connectivity index (χ2n) is 7.13. The van der Waals surface area contributed by atoms with Crippen LogP contribution in [0.3, 0.4) is 0 Å². The number of quaternary nitrogens is 1. The Kier molecular flexibility index (Phi) is 6.99. The highest BCUT2D eigenvalue weighted by Crippen LogP contribution is 2.31. The Morgan fingerprint density at radius 2 is 2.03 bits per heavy atom. The maximum absolute atomic E-state index is 11.6. The SMILES string of the molecule is COCCn1nnnc1[C@@H](c1ccc(OC)cc1OC)[NH+]1CCC(C(N)=O)CC1. The van der Waals surface area contributed by atoms with Gasteiger partial charge in [-0.25, -0.2) is 4.68 Å². The Labute approximate surface area is 169 Å². The Balaban J connectivity index is 1.99. The van der Waals surface area contributed by atoms with E-state index in [9.17, 15) is 4.79 Å². The van der Waals surface area contributed by atoms with Gasteiger partial charge in [-0.2, -0.15) is 0 Å². The lowest BCUT2D eigenvalue weighted by atomic mass is 9.93. The summed E-state index contributed by atoms with van der Waals surface area (Å²) in [5, 5.41) is 12.4. The van der Waals surface area contributed by atoms with E-state index in [1.165, 1.54) is 4.90 Å². The molecule has 0 bridgehead atoms. The lowest BCUT2D eigenvalue weighted by Gasteiger charge is -2.33. The molecule has 158 valence electrons. The lowest BCUT2D eigenvalue weighted by Crippen LogP contribution is -3.13. The number of nitrogens with zero attached hydrogens (tertiary/aromatic N) is 4. The number of hydrogen-bond donors (Lipinski definition) is 2. The minimum atomic E-state index is -0.229. The van der Waals surface area contributed by atoms with Crippen LogP contribution in [0, 0.1) is 5.92 Å². The van der Waals surface area contributed by atoms with Crippen molar-refractivity contribution >= 4 is 5.91 Å². The van der Waals surface area contributed by atoms with Crippen LogP contribution in [0.2, 0.25) is 0 Å². The summed E-state index contributed by atoms with van der Waals surface area (Å²) in [6.07, 6.45) is 1.47. The second kappa shape index (κ2) is 9.66. The molecule has 1 amide bonds. The Morgan fingerprint density at radius 1 is 1.28 bits per heavy atom. The van der Waals surface area contributed by atoms with E-state index in [4.69, 9.17) is 19.9 Å². The summed E-state index contributed by atoms with van der Waals surface area (Å²) in [5.41, 5.74) is 6.49. The van der Waals surface area contributed by atoms with Gasteiger partial charge < -0.3 is 24.8 Å². The van der Waals surface area contributed by atoms with Crippen molar-refractivity contribution in [2.24, 2.45) is 11.7 Å². The number of carbonyl (C=O) groups excluding carboxylic acids is 1. The van der Waals surface area contributed by atoms with Gasteiger partial charge in [-0.05, 0) is 22.6 Å². The van der Waals surface area contributed by atoms with Crippen LogP contribution >= 0.6 is 0 Å². The Morgan fingerprint density at radius 3 is 2.66 bits per heavy atom. The minimum absolute atomic E-state index is 0.0818. The molecular formula is C19H29N6O4+. The molecule has 29 heavy (non-hydrogen) atoms. The molecule has 0 aliphatic carbocycles. The van der Waals surface area contributed by atoms with Crippen molar-refractivity contribution in [1.29, 1.82) is 0 Å². The number of hydrogen-bond acceptors (Lipinski definition) is 7. The molecule has 1 saturated heterocycles. The first-order chi connectivity index (χ1) is 14.1. The third-order valence-electron chi connectivity index (χ3n) is 5.52. The van der Waals surface area contributed by atoms with Crippen molar-refractivity contribution in [3.63, 3.8) is 0 Å². The van der Waals surface area contributed by atoms with Crippen molar-refractivity contribution < 1.29 is 23.9 Å². The smallest absolute Gasteiger partial charge is 0.220 e. The predicted molar refractivity (Wildman–Crippen MR) is 104 cm³/mol. The van der Waals surface area contributed by atoms with E-state index in [1.54, 1.807) is 26.0 Å². The number of nitrogens with one attached hydrogen (secondary N) is 1. The van der Waals surface area contributed by atoms with Crippen LogP contribution in [0.1, 0.15) is 30.3 Å². The molecule has 0 saturated carbocycles. The molecule has 1 aliphatic rings. The summed E-state index contributed by atoms with van der Waals surface area (Å²) in [6, 6.07) is 5.60. The largest absolute Gasteiger partial charge is 0.497 e. The summed E-state index contributed by atoms with van der Waals surface area (Å²) in [6.45, 7) is 2.61. The van der Waals surface area contributed by atoms with Gasteiger partial charge in [-0.1, -0.05) is 0 Å². The minimum Gasteiger partial charge on any atom is -0.497 e. The van der Waals surface area contributed by atoms with Gasteiger partial charge in [0.15, 0.2) is 6.04 Å². The molecule has 2 aromatic rings. The Bertz CT molecular complexity index is 819. The van der Waals surface area contributed by atoms with Crippen LogP contribution in [-0.2, 0) is 16.1 Å². The number of amides is 1. The fourth-order valence-corrected chi connectivity index (χ4v) is 3.92. The maximum Gasteiger partial charge on any atom is 0.220 e. The van der Waals surface area contributed by atoms with Gasteiger partial charge in [-0.15, -0.1) is 5.10 Å². The quantitative estimate of drug-likeness (QED) is 0.561. The first-order valence-corrected chi connectivity index (χ1v) is 9.69. The van der Waals surface area contributed by atoms with Crippen LogP contribution in [-0.4, -0.2) is 67.1 Å².